The zero-order valence-corrected chi connectivity index (χ0v) is 59.4. The first-order valence-corrected chi connectivity index (χ1v) is 39.6. The van der Waals surface area contributed by atoms with E-state index in [-0.39, 0.29) is 25.7 Å². The van der Waals surface area contributed by atoms with Crippen molar-refractivity contribution in [1.29, 1.82) is 0 Å². The Balaban J connectivity index is 5.20. The van der Waals surface area contributed by atoms with Gasteiger partial charge in [-0.2, -0.15) is 0 Å². The van der Waals surface area contributed by atoms with Crippen molar-refractivity contribution >= 4 is 39.5 Å². The molecule has 5 atom stereocenters. The van der Waals surface area contributed by atoms with E-state index in [1.54, 1.807) is 0 Å². The third-order valence-corrected chi connectivity index (χ3v) is 18.2. The van der Waals surface area contributed by atoms with Crippen LogP contribution < -0.4 is 0 Å². The van der Waals surface area contributed by atoms with Crippen molar-refractivity contribution in [3.63, 3.8) is 0 Å². The molecule has 0 aliphatic carbocycles. The van der Waals surface area contributed by atoms with Gasteiger partial charge < -0.3 is 33.8 Å². The van der Waals surface area contributed by atoms with Gasteiger partial charge in [0.15, 0.2) is 12.2 Å². The third-order valence-electron chi connectivity index (χ3n) is 16.3. The second-order valence-electron chi connectivity index (χ2n) is 25.7. The van der Waals surface area contributed by atoms with Crippen LogP contribution >= 0.6 is 15.6 Å². The van der Waals surface area contributed by atoms with Gasteiger partial charge in [-0.1, -0.05) is 311 Å². The van der Waals surface area contributed by atoms with Gasteiger partial charge in [0.1, 0.15) is 19.3 Å². The molecule has 0 saturated heterocycles. The Bertz CT molecular complexity index is 1720. The minimum absolute atomic E-state index is 0.107. The minimum atomic E-state index is -4.95. The minimum Gasteiger partial charge on any atom is -0.462 e. The van der Waals surface area contributed by atoms with Crippen LogP contribution in [-0.2, 0) is 65.4 Å². The quantitative estimate of drug-likeness (QED) is 0.0222. The fourth-order valence-corrected chi connectivity index (χ4v) is 12.2. The number of carbonyl (C=O) groups is 4. The Labute approximate surface area is 543 Å². The van der Waals surface area contributed by atoms with Crippen molar-refractivity contribution in [3.8, 4) is 0 Å². The van der Waals surface area contributed by atoms with Crippen LogP contribution in [0, 0.1) is 5.92 Å². The Hall–Kier alpha value is -1.94. The zero-order chi connectivity index (χ0) is 65.6. The molecule has 0 amide bonds. The summed E-state index contributed by atoms with van der Waals surface area (Å²) in [6, 6.07) is 0. The number of esters is 4. The van der Waals surface area contributed by atoms with E-state index < -0.39 is 97.5 Å². The summed E-state index contributed by atoms with van der Waals surface area (Å²) < 4.78 is 68.2. The molecule has 0 rings (SSSR count). The maximum atomic E-state index is 13.0. The summed E-state index contributed by atoms with van der Waals surface area (Å²) in [7, 11) is -9.89. The summed E-state index contributed by atoms with van der Waals surface area (Å²) in [5.74, 6) is -1.34. The van der Waals surface area contributed by atoms with Crippen LogP contribution in [0.4, 0.5) is 0 Å². The topological polar surface area (TPSA) is 237 Å². The average molecular weight is 1310 g/mol. The lowest BCUT2D eigenvalue weighted by Crippen LogP contribution is -2.30. The summed E-state index contributed by atoms with van der Waals surface area (Å²) in [6.07, 6.45) is 49.9. The molecule has 528 valence electrons. The monoisotopic (exact) mass is 1310 g/mol. The highest BCUT2D eigenvalue weighted by Gasteiger charge is 2.30. The van der Waals surface area contributed by atoms with Crippen molar-refractivity contribution < 1.29 is 80.2 Å². The molecule has 0 aliphatic rings. The molecule has 0 fully saturated rings. The molecule has 0 aromatic heterocycles. The molecule has 0 aliphatic heterocycles. The lowest BCUT2D eigenvalue weighted by Gasteiger charge is -2.21. The molecule has 0 spiro atoms. The average Bonchev–Trinajstić information content (AvgIpc) is 3.63. The molecule has 0 radical (unpaired) electrons. The van der Waals surface area contributed by atoms with Gasteiger partial charge >= 0.3 is 39.5 Å². The largest absolute Gasteiger partial charge is 0.472 e. The van der Waals surface area contributed by atoms with Crippen LogP contribution in [0.2, 0.25) is 0 Å². The first-order valence-electron chi connectivity index (χ1n) is 36.6. The lowest BCUT2D eigenvalue weighted by atomic mass is 10.0. The van der Waals surface area contributed by atoms with E-state index in [0.717, 1.165) is 109 Å². The predicted molar refractivity (Wildman–Crippen MR) is 358 cm³/mol. The fourth-order valence-electron chi connectivity index (χ4n) is 10.6. The SMILES string of the molecule is CCCCCCCCCCCCCCCC(=O)OC[C@H](COP(=O)(O)OC[C@@H](O)COP(=O)(O)OC[C@@H](COC(=O)CCCCCCCCC)OC(=O)CCCCCCCCCCCCCCC)OC(=O)CCCCCCCCCCCCCCCC(C)C. The third kappa shape index (κ3) is 64.6. The number of hydrogen-bond acceptors (Lipinski definition) is 15. The highest BCUT2D eigenvalue weighted by Crippen LogP contribution is 2.45. The van der Waals surface area contributed by atoms with Gasteiger partial charge in [0, 0.05) is 25.7 Å². The first-order chi connectivity index (χ1) is 43.0. The Kier molecular flexibility index (Phi) is 62.1. The summed E-state index contributed by atoms with van der Waals surface area (Å²) in [4.78, 5) is 72.4. The first kappa shape index (κ1) is 87.1. The number of carbonyl (C=O) groups excluding carboxylic acids is 4. The molecule has 0 bridgehead atoms. The molecule has 0 aromatic carbocycles. The Morgan fingerprint density at radius 2 is 0.517 bits per heavy atom. The van der Waals surface area contributed by atoms with Crippen LogP contribution in [0.3, 0.4) is 0 Å². The molecule has 17 nitrogen and oxygen atoms in total. The van der Waals surface area contributed by atoms with E-state index in [2.05, 4.69) is 34.6 Å². The van der Waals surface area contributed by atoms with Crippen LogP contribution in [0.25, 0.3) is 0 Å². The maximum Gasteiger partial charge on any atom is 0.472 e. The van der Waals surface area contributed by atoms with Crippen molar-refractivity contribution in [2.24, 2.45) is 5.92 Å². The van der Waals surface area contributed by atoms with E-state index in [9.17, 15) is 43.2 Å². The van der Waals surface area contributed by atoms with Crippen LogP contribution in [0.1, 0.15) is 362 Å². The van der Waals surface area contributed by atoms with Crippen molar-refractivity contribution in [2.75, 3.05) is 39.6 Å². The van der Waals surface area contributed by atoms with Crippen molar-refractivity contribution in [3.05, 3.63) is 0 Å². The number of phosphoric acid groups is 2. The maximum absolute atomic E-state index is 13.0. The fraction of sp³-hybridized carbons (Fsp3) is 0.943. The van der Waals surface area contributed by atoms with Crippen LogP contribution in [-0.4, -0.2) is 96.7 Å². The van der Waals surface area contributed by atoms with Gasteiger partial charge in [-0.15, -0.1) is 0 Å². The van der Waals surface area contributed by atoms with Crippen molar-refractivity contribution in [2.45, 2.75) is 380 Å². The van der Waals surface area contributed by atoms with E-state index in [1.165, 1.54) is 173 Å². The molecule has 3 N–H and O–H groups in total. The molecular formula is C70H136O17P2. The number of unbranched alkanes of at least 4 members (excludes halogenated alkanes) is 42. The summed E-state index contributed by atoms with van der Waals surface area (Å²) in [5, 5.41) is 10.6. The predicted octanol–water partition coefficient (Wildman–Crippen LogP) is 20.1. The molecule has 0 aromatic rings. The standard InChI is InChI=1S/C70H136O17P2/c1-6-9-12-15-18-20-22-25-30-34-39-44-49-54-68(73)81-60-66(87-70(75)56-51-46-41-36-32-28-24-27-29-33-38-42-47-52-63(4)5)62-85-89(78,79)83-58-64(71)57-82-88(76,77)84-61-65(59-80-67(72)53-48-43-37-17-14-11-8-3)86-69(74)55-50-45-40-35-31-26-23-21-19-16-13-10-7-2/h63-66,71H,6-62H2,1-5H3,(H,76,77)(H,78,79)/t64-,65+,66+/m0/s1. The van der Waals surface area contributed by atoms with Gasteiger partial charge in [0.25, 0.3) is 0 Å². The zero-order valence-electron chi connectivity index (χ0n) is 57.6. The van der Waals surface area contributed by atoms with Crippen LogP contribution in [0.15, 0.2) is 0 Å². The molecule has 0 heterocycles. The lowest BCUT2D eigenvalue weighted by molar-refractivity contribution is -0.161. The normalized spacial score (nSPS) is 14.1. The molecular weight excluding hydrogens is 1170 g/mol. The smallest absolute Gasteiger partial charge is 0.462 e. The second kappa shape index (κ2) is 63.5. The van der Waals surface area contributed by atoms with Gasteiger partial charge in [-0.25, -0.2) is 9.13 Å². The van der Waals surface area contributed by atoms with E-state index >= 15 is 0 Å². The summed E-state index contributed by atoms with van der Waals surface area (Å²) in [6.45, 7) is 7.23. The number of aliphatic hydroxyl groups is 1. The molecule has 2 unspecified atom stereocenters. The molecule has 19 heteroatoms. The number of rotatable bonds is 70. The highest BCUT2D eigenvalue weighted by atomic mass is 31.2. The summed E-state index contributed by atoms with van der Waals surface area (Å²) in [5.41, 5.74) is 0. The van der Waals surface area contributed by atoms with E-state index in [1.807, 2.05) is 0 Å². The highest BCUT2D eigenvalue weighted by molar-refractivity contribution is 7.47. The number of phosphoric ester groups is 2. The Morgan fingerprint density at radius 3 is 0.764 bits per heavy atom. The molecule has 89 heavy (non-hydrogen) atoms. The number of hydrogen-bond donors (Lipinski definition) is 3. The van der Waals surface area contributed by atoms with Crippen LogP contribution in [0.5, 0.6) is 0 Å². The van der Waals surface area contributed by atoms with E-state index in [4.69, 9.17) is 37.0 Å². The van der Waals surface area contributed by atoms with Crippen molar-refractivity contribution in [1.82, 2.24) is 0 Å². The summed E-state index contributed by atoms with van der Waals surface area (Å²) >= 11 is 0. The van der Waals surface area contributed by atoms with Gasteiger partial charge in [-0.05, 0) is 31.6 Å². The van der Waals surface area contributed by atoms with E-state index in [0.29, 0.717) is 25.7 Å². The number of aliphatic hydroxyl groups excluding tert-OH is 1. The van der Waals surface area contributed by atoms with Gasteiger partial charge in [-0.3, -0.25) is 37.3 Å². The molecule has 0 saturated carbocycles. The van der Waals surface area contributed by atoms with Gasteiger partial charge in [0.05, 0.1) is 26.4 Å². The van der Waals surface area contributed by atoms with Gasteiger partial charge in [0.2, 0.25) is 0 Å². The Morgan fingerprint density at radius 1 is 0.303 bits per heavy atom. The number of ether oxygens (including phenoxy) is 4. The second-order valence-corrected chi connectivity index (χ2v) is 28.7.